The molecule has 0 aromatic carbocycles. The molecule has 0 aliphatic carbocycles. The predicted octanol–water partition coefficient (Wildman–Crippen LogP) is 2.03. The molecule has 18 heavy (non-hydrogen) atoms. The molecule has 1 heterocycles. The Morgan fingerprint density at radius 2 is 2.11 bits per heavy atom. The average Bonchev–Trinajstić information content (AvgIpc) is 2.30. The number of halogens is 1. The summed E-state index contributed by atoms with van der Waals surface area (Å²) in [7, 11) is 0. The predicted molar refractivity (Wildman–Crippen MR) is 72.2 cm³/mol. The number of piperazine rings is 1. The van der Waals surface area contributed by atoms with E-state index in [2.05, 4.69) is 5.32 Å². The lowest BCUT2D eigenvalue weighted by molar-refractivity contribution is -0.153. The lowest BCUT2D eigenvalue weighted by Crippen LogP contribution is -2.68. The number of rotatable bonds is 4. The second-order valence-electron chi connectivity index (χ2n) is 5.31. The van der Waals surface area contributed by atoms with Crippen LogP contribution in [0.4, 0.5) is 0 Å². The molecule has 1 atom stereocenters. The van der Waals surface area contributed by atoms with Crippen LogP contribution in [0.15, 0.2) is 11.1 Å². The third kappa shape index (κ3) is 3.05. The molecule has 1 unspecified atom stereocenters. The topological polar surface area (TPSA) is 49.4 Å². The van der Waals surface area contributed by atoms with E-state index in [0.29, 0.717) is 13.0 Å². The fourth-order valence-corrected chi connectivity index (χ4v) is 2.20. The lowest BCUT2D eigenvalue weighted by Gasteiger charge is -2.43. The van der Waals surface area contributed by atoms with Gasteiger partial charge in [0.15, 0.2) is 0 Å². The van der Waals surface area contributed by atoms with Gasteiger partial charge >= 0.3 is 0 Å². The van der Waals surface area contributed by atoms with E-state index < -0.39 is 5.54 Å². The highest BCUT2D eigenvalue weighted by atomic mass is 35.5. The molecule has 1 aliphatic heterocycles. The Balaban J connectivity index is 3.01. The average molecular weight is 273 g/mol. The first-order valence-corrected chi connectivity index (χ1v) is 6.66. The Bertz CT molecular complexity index is 377. The quantitative estimate of drug-likeness (QED) is 0.851. The fourth-order valence-electron chi connectivity index (χ4n) is 2.13. The molecule has 4 nitrogen and oxygen atoms in total. The minimum absolute atomic E-state index is 0.0570. The van der Waals surface area contributed by atoms with Crippen molar-refractivity contribution in [2.24, 2.45) is 0 Å². The van der Waals surface area contributed by atoms with Gasteiger partial charge in [-0.05, 0) is 32.8 Å². The minimum atomic E-state index is -0.839. The standard InChI is InChI=1S/C13H21ClN2O2/c1-5-6-10-11(17)15-13(3,4)12(18)16(10)8-9(2)7-14/h7,10H,5-6,8H2,1-4H3,(H,15,17). The van der Waals surface area contributed by atoms with E-state index in [1.165, 1.54) is 5.54 Å². The molecule has 0 aromatic heterocycles. The van der Waals surface area contributed by atoms with Crippen LogP contribution in [0.25, 0.3) is 0 Å². The van der Waals surface area contributed by atoms with Gasteiger partial charge < -0.3 is 10.2 Å². The number of amides is 2. The van der Waals surface area contributed by atoms with E-state index in [0.717, 1.165) is 12.0 Å². The molecule has 0 spiro atoms. The van der Waals surface area contributed by atoms with Gasteiger partial charge in [0, 0.05) is 12.1 Å². The third-order valence-corrected chi connectivity index (χ3v) is 3.45. The van der Waals surface area contributed by atoms with Gasteiger partial charge in [-0.25, -0.2) is 0 Å². The van der Waals surface area contributed by atoms with Gasteiger partial charge in [-0.1, -0.05) is 24.9 Å². The van der Waals surface area contributed by atoms with E-state index in [-0.39, 0.29) is 17.9 Å². The number of carbonyl (C=O) groups excluding carboxylic acids is 2. The highest BCUT2D eigenvalue weighted by molar-refractivity contribution is 6.25. The molecule has 0 aromatic rings. The molecule has 1 N–H and O–H groups in total. The molecule has 5 heteroatoms. The van der Waals surface area contributed by atoms with Crippen molar-refractivity contribution in [2.75, 3.05) is 6.54 Å². The third-order valence-electron chi connectivity index (χ3n) is 3.08. The van der Waals surface area contributed by atoms with Gasteiger partial charge in [0.2, 0.25) is 11.8 Å². The van der Waals surface area contributed by atoms with Crippen LogP contribution in [0.5, 0.6) is 0 Å². The van der Waals surface area contributed by atoms with Gasteiger partial charge in [-0.2, -0.15) is 0 Å². The lowest BCUT2D eigenvalue weighted by atomic mass is 9.94. The summed E-state index contributed by atoms with van der Waals surface area (Å²) in [6.07, 6.45) is 1.52. The first-order valence-electron chi connectivity index (χ1n) is 6.22. The van der Waals surface area contributed by atoms with E-state index in [4.69, 9.17) is 11.6 Å². The SMILES string of the molecule is CCCC1C(=O)NC(C)(C)C(=O)N1CC(C)=CCl. The van der Waals surface area contributed by atoms with Crippen LogP contribution < -0.4 is 5.32 Å². The molecule has 0 radical (unpaired) electrons. The zero-order valence-corrected chi connectivity index (χ0v) is 12.2. The number of hydrogen-bond donors (Lipinski definition) is 1. The van der Waals surface area contributed by atoms with Crippen molar-refractivity contribution < 1.29 is 9.59 Å². The van der Waals surface area contributed by atoms with Gasteiger partial charge in [0.25, 0.3) is 0 Å². The van der Waals surface area contributed by atoms with Crippen molar-refractivity contribution in [2.45, 2.75) is 52.1 Å². The number of hydrogen-bond acceptors (Lipinski definition) is 2. The van der Waals surface area contributed by atoms with Crippen LogP contribution in [-0.2, 0) is 9.59 Å². The molecule has 0 bridgehead atoms. The Morgan fingerprint density at radius 1 is 1.50 bits per heavy atom. The van der Waals surface area contributed by atoms with E-state index in [1.54, 1.807) is 18.7 Å². The van der Waals surface area contributed by atoms with Crippen LogP contribution >= 0.6 is 11.6 Å². The maximum atomic E-state index is 12.4. The Kier molecular flexibility index (Phi) is 4.79. The summed E-state index contributed by atoms with van der Waals surface area (Å²) in [5, 5.41) is 2.78. The van der Waals surface area contributed by atoms with Crippen LogP contribution in [0.1, 0.15) is 40.5 Å². The Labute approximate surface area is 113 Å². The van der Waals surface area contributed by atoms with Gasteiger partial charge in [-0.3, -0.25) is 9.59 Å². The molecule has 1 aliphatic rings. The highest BCUT2D eigenvalue weighted by Crippen LogP contribution is 2.22. The summed E-state index contributed by atoms with van der Waals surface area (Å²) in [5.41, 5.74) is 1.49. The van der Waals surface area contributed by atoms with Crippen molar-refractivity contribution in [3.8, 4) is 0 Å². The van der Waals surface area contributed by atoms with E-state index in [1.807, 2.05) is 13.8 Å². The zero-order valence-electron chi connectivity index (χ0n) is 11.4. The minimum Gasteiger partial charge on any atom is -0.340 e. The molecular weight excluding hydrogens is 252 g/mol. The van der Waals surface area contributed by atoms with Crippen molar-refractivity contribution in [3.05, 3.63) is 11.1 Å². The largest absolute Gasteiger partial charge is 0.340 e. The summed E-state index contributed by atoms with van der Waals surface area (Å²) in [4.78, 5) is 26.1. The van der Waals surface area contributed by atoms with Gasteiger partial charge in [0.05, 0.1) is 0 Å². The first kappa shape index (κ1) is 15.0. The zero-order chi connectivity index (χ0) is 13.9. The molecule has 2 amide bonds. The molecule has 1 rings (SSSR count). The molecule has 1 fully saturated rings. The van der Waals surface area contributed by atoms with Crippen LogP contribution in [-0.4, -0.2) is 34.8 Å². The van der Waals surface area contributed by atoms with Crippen molar-refractivity contribution in [1.82, 2.24) is 10.2 Å². The summed E-state index contributed by atoms with van der Waals surface area (Å²) in [6.45, 7) is 7.71. The fraction of sp³-hybridized carbons (Fsp3) is 0.692. The van der Waals surface area contributed by atoms with E-state index in [9.17, 15) is 9.59 Å². The summed E-state index contributed by atoms with van der Waals surface area (Å²) in [6, 6.07) is -0.387. The van der Waals surface area contributed by atoms with Crippen molar-refractivity contribution in [3.63, 3.8) is 0 Å². The molecule has 0 saturated carbocycles. The Morgan fingerprint density at radius 3 is 2.61 bits per heavy atom. The maximum absolute atomic E-state index is 12.4. The van der Waals surface area contributed by atoms with Crippen molar-refractivity contribution in [1.29, 1.82) is 0 Å². The normalized spacial score (nSPS) is 24.2. The summed E-state index contributed by atoms with van der Waals surface area (Å²) >= 11 is 5.65. The Hall–Kier alpha value is -1.03. The number of nitrogens with one attached hydrogen (secondary N) is 1. The monoisotopic (exact) mass is 272 g/mol. The molecular formula is C13H21ClN2O2. The second-order valence-corrected chi connectivity index (χ2v) is 5.53. The second kappa shape index (κ2) is 5.74. The summed E-state index contributed by atoms with van der Waals surface area (Å²) in [5.74, 6) is -0.137. The van der Waals surface area contributed by atoms with Gasteiger partial charge in [-0.15, -0.1) is 0 Å². The highest BCUT2D eigenvalue weighted by Gasteiger charge is 2.44. The number of carbonyl (C=O) groups is 2. The van der Waals surface area contributed by atoms with Gasteiger partial charge in [0.1, 0.15) is 11.6 Å². The first-order chi connectivity index (χ1) is 8.33. The summed E-state index contributed by atoms with van der Waals surface area (Å²) < 4.78 is 0. The van der Waals surface area contributed by atoms with Crippen LogP contribution in [0, 0.1) is 0 Å². The molecule has 1 saturated heterocycles. The van der Waals surface area contributed by atoms with Crippen molar-refractivity contribution >= 4 is 23.4 Å². The maximum Gasteiger partial charge on any atom is 0.248 e. The van der Waals surface area contributed by atoms with E-state index >= 15 is 0 Å². The molecule has 102 valence electrons. The van der Waals surface area contributed by atoms with Crippen LogP contribution in [0.2, 0.25) is 0 Å². The van der Waals surface area contributed by atoms with Crippen LogP contribution in [0.3, 0.4) is 0 Å². The smallest absolute Gasteiger partial charge is 0.248 e. The number of nitrogens with zero attached hydrogens (tertiary/aromatic N) is 1.